The number of nitrogens with zero attached hydrogens (tertiary/aromatic N) is 1. The number of anilines is 1. The summed E-state index contributed by atoms with van der Waals surface area (Å²) in [5.41, 5.74) is 0.528. The van der Waals surface area contributed by atoms with E-state index in [1.54, 1.807) is 24.3 Å². The quantitative estimate of drug-likeness (QED) is 0.406. The standard InChI is InChI=1S/C25H30ClF3N4O5S/c1-39(37,38)20(27)11-17(9-14-7-8-30-23(14)35)32-24(36)22-19-6-5-18(12-25(19,28)29)33(22)21(34)13-31-16-4-2-3-15(26)10-16/h2-4,10-11,14,17-19,22,31H,5-9,12-13H2,1H3,(H,30,35)(H,32,36)/b20-11+/t14-,17-,18-,19-,22-/m1/s1. The van der Waals surface area contributed by atoms with Crippen LogP contribution in [0.4, 0.5) is 18.9 Å². The Morgan fingerprint density at radius 1 is 1.28 bits per heavy atom. The van der Waals surface area contributed by atoms with Crippen LogP contribution in [-0.2, 0) is 24.2 Å². The summed E-state index contributed by atoms with van der Waals surface area (Å²) in [5, 5.41) is 6.88. The second-order valence-electron chi connectivity index (χ2n) is 10.3. The summed E-state index contributed by atoms with van der Waals surface area (Å²) in [4.78, 5) is 40.1. The maximum Gasteiger partial charge on any atom is 0.255 e. The molecular weight excluding hydrogens is 561 g/mol. The maximum atomic E-state index is 15.0. The molecular formula is C25H30ClF3N4O5S. The van der Waals surface area contributed by atoms with Gasteiger partial charge < -0.3 is 20.9 Å². The highest BCUT2D eigenvalue weighted by atomic mass is 35.5. The van der Waals surface area contributed by atoms with Crippen molar-refractivity contribution in [2.45, 2.75) is 56.2 Å². The number of rotatable bonds is 9. The van der Waals surface area contributed by atoms with Crippen molar-refractivity contribution in [3.8, 4) is 0 Å². The zero-order valence-electron chi connectivity index (χ0n) is 21.1. The van der Waals surface area contributed by atoms with E-state index in [0.717, 1.165) is 4.90 Å². The minimum absolute atomic E-state index is 0.00446. The lowest BCUT2D eigenvalue weighted by molar-refractivity contribution is -0.193. The fourth-order valence-electron chi connectivity index (χ4n) is 5.63. The third-order valence-electron chi connectivity index (χ3n) is 7.48. The van der Waals surface area contributed by atoms with E-state index in [1.165, 1.54) is 0 Å². The Bertz CT molecular complexity index is 1280. The van der Waals surface area contributed by atoms with Crippen molar-refractivity contribution in [2.75, 3.05) is 24.7 Å². The maximum absolute atomic E-state index is 15.0. The first-order chi connectivity index (χ1) is 18.3. The van der Waals surface area contributed by atoms with Gasteiger partial charge in [0.05, 0.1) is 18.5 Å². The molecule has 214 valence electrons. The summed E-state index contributed by atoms with van der Waals surface area (Å²) in [7, 11) is -4.25. The van der Waals surface area contributed by atoms with Crippen molar-refractivity contribution in [1.29, 1.82) is 0 Å². The fourth-order valence-corrected chi connectivity index (χ4v) is 6.23. The van der Waals surface area contributed by atoms with E-state index in [1.807, 2.05) is 0 Å². The monoisotopic (exact) mass is 590 g/mol. The Kier molecular flexibility index (Phi) is 8.50. The van der Waals surface area contributed by atoms with Crippen molar-refractivity contribution < 1.29 is 36.0 Å². The number of benzene rings is 1. The lowest BCUT2D eigenvalue weighted by Crippen LogP contribution is -2.69. The molecule has 3 saturated heterocycles. The highest BCUT2D eigenvalue weighted by Gasteiger charge is 2.60. The first-order valence-corrected chi connectivity index (χ1v) is 14.9. The molecule has 1 aromatic carbocycles. The molecule has 0 aromatic heterocycles. The fraction of sp³-hybridized carbons (Fsp3) is 0.560. The summed E-state index contributed by atoms with van der Waals surface area (Å²) in [6.07, 6.45) is 1.27. The molecule has 3 heterocycles. The zero-order valence-corrected chi connectivity index (χ0v) is 22.7. The molecule has 4 fully saturated rings. The molecule has 1 aromatic rings. The van der Waals surface area contributed by atoms with Crippen molar-refractivity contribution in [3.63, 3.8) is 0 Å². The molecule has 5 atom stereocenters. The number of piperidine rings is 2. The molecule has 14 heteroatoms. The smallest absolute Gasteiger partial charge is 0.255 e. The van der Waals surface area contributed by atoms with Crippen LogP contribution in [0.3, 0.4) is 0 Å². The molecule has 0 radical (unpaired) electrons. The van der Waals surface area contributed by atoms with Crippen LogP contribution in [0.1, 0.15) is 32.1 Å². The molecule has 3 amide bonds. The summed E-state index contributed by atoms with van der Waals surface area (Å²) in [6, 6.07) is 2.84. The number of sulfone groups is 1. The van der Waals surface area contributed by atoms with Gasteiger partial charge in [-0.15, -0.1) is 0 Å². The normalized spacial score (nSPS) is 27.2. The molecule has 3 N–H and O–H groups in total. The summed E-state index contributed by atoms with van der Waals surface area (Å²) in [5.74, 6) is -7.20. The lowest BCUT2D eigenvalue weighted by Gasteiger charge is -2.53. The molecule has 3 aliphatic heterocycles. The number of nitrogens with one attached hydrogen (secondary N) is 3. The van der Waals surface area contributed by atoms with E-state index in [4.69, 9.17) is 11.6 Å². The van der Waals surface area contributed by atoms with Crippen molar-refractivity contribution in [2.24, 2.45) is 11.8 Å². The van der Waals surface area contributed by atoms with E-state index < -0.39 is 69.1 Å². The second kappa shape index (κ2) is 11.4. The summed E-state index contributed by atoms with van der Waals surface area (Å²) >= 11 is 5.97. The van der Waals surface area contributed by atoms with E-state index >= 15 is 0 Å². The largest absolute Gasteiger partial charge is 0.376 e. The van der Waals surface area contributed by atoms with E-state index in [-0.39, 0.29) is 25.3 Å². The average molecular weight is 591 g/mol. The van der Waals surface area contributed by atoms with Gasteiger partial charge in [-0.2, -0.15) is 4.39 Å². The van der Waals surface area contributed by atoms with Gasteiger partial charge in [0.25, 0.3) is 5.92 Å². The molecule has 1 saturated carbocycles. The molecule has 9 nitrogen and oxygen atoms in total. The van der Waals surface area contributed by atoms with Crippen LogP contribution in [-0.4, -0.2) is 74.4 Å². The Balaban J connectivity index is 1.58. The molecule has 2 bridgehead atoms. The second-order valence-corrected chi connectivity index (χ2v) is 12.7. The number of fused-ring (bicyclic) bond motifs is 3. The summed E-state index contributed by atoms with van der Waals surface area (Å²) in [6.45, 7) is 0.0795. The number of hydrogen-bond acceptors (Lipinski definition) is 6. The zero-order chi connectivity index (χ0) is 28.5. The molecule has 39 heavy (non-hydrogen) atoms. The number of carbonyl (C=O) groups is 3. The molecule has 4 aliphatic rings. The number of alkyl halides is 2. The van der Waals surface area contributed by atoms with Crippen LogP contribution in [0.15, 0.2) is 35.5 Å². The first kappa shape index (κ1) is 29.2. The molecule has 5 rings (SSSR count). The van der Waals surface area contributed by atoms with Crippen molar-refractivity contribution in [3.05, 3.63) is 40.5 Å². The van der Waals surface area contributed by atoms with Gasteiger partial charge in [0.2, 0.25) is 32.7 Å². The first-order valence-electron chi connectivity index (χ1n) is 12.6. The number of hydrogen-bond donors (Lipinski definition) is 3. The van der Waals surface area contributed by atoms with Gasteiger partial charge in [0.1, 0.15) is 6.04 Å². The van der Waals surface area contributed by atoms with Crippen molar-refractivity contribution in [1.82, 2.24) is 15.5 Å². The van der Waals surface area contributed by atoms with E-state index in [9.17, 15) is 36.0 Å². The number of amides is 3. The molecule has 0 unspecified atom stereocenters. The van der Waals surface area contributed by atoms with Gasteiger partial charge in [-0.25, -0.2) is 17.2 Å². The van der Waals surface area contributed by atoms with Crippen LogP contribution < -0.4 is 16.0 Å². The van der Waals surface area contributed by atoms with E-state index in [0.29, 0.717) is 42.4 Å². The minimum Gasteiger partial charge on any atom is -0.376 e. The summed E-state index contributed by atoms with van der Waals surface area (Å²) < 4.78 is 67.7. The Morgan fingerprint density at radius 2 is 2.03 bits per heavy atom. The predicted octanol–water partition coefficient (Wildman–Crippen LogP) is 2.63. The van der Waals surface area contributed by atoms with Gasteiger partial charge in [-0.05, 0) is 50.0 Å². The van der Waals surface area contributed by atoms with Crippen molar-refractivity contribution >= 4 is 44.8 Å². The van der Waals surface area contributed by atoms with Gasteiger partial charge >= 0.3 is 0 Å². The average Bonchev–Trinajstić information content (AvgIpc) is 3.25. The third-order valence-corrected chi connectivity index (χ3v) is 8.56. The van der Waals surface area contributed by atoms with Gasteiger partial charge in [-0.3, -0.25) is 14.4 Å². The Hall–Kier alpha value is -2.80. The van der Waals surface area contributed by atoms with Crippen LogP contribution in [0, 0.1) is 11.8 Å². The topological polar surface area (TPSA) is 125 Å². The van der Waals surface area contributed by atoms with Crippen LogP contribution in [0.2, 0.25) is 5.02 Å². The minimum atomic E-state index is -4.25. The lowest BCUT2D eigenvalue weighted by atomic mass is 9.71. The highest BCUT2D eigenvalue weighted by molar-refractivity contribution is 7.94. The molecule has 1 aliphatic carbocycles. The SMILES string of the molecule is CS(=O)(=O)/C(F)=C/[C@@H](C[C@H]1CCNC1=O)NC(=O)[C@H]1[C@H]2CC[C@H](CC2(F)F)N1C(=O)CNc1cccc(Cl)c1. The van der Waals surface area contributed by atoms with Crippen LogP contribution >= 0.6 is 11.6 Å². The Labute approximate surface area is 229 Å². The van der Waals surface area contributed by atoms with Crippen LogP contribution in [0.25, 0.3) is 0 Å². The van der Waals surface area contributed by atoms with Crippen LogP contribution in [0.5, 0.6) is 0 Å². The van der Waals surface area contributed by atoms with Gasteiger partial charge in [0, 0.05) is 41.9 Å². The van der Waals surface area contributed by atoms with Gasteiger partial charge in [-0.1, -0.05) is 17.7 Å². The number of halogens is 4. The predicted molar refractivity (Wildman–Crippen MR) is 138 cm³/mol. The highest BCUT2D eigenvalue weighted by Crippen LogP contribution is 2.49. The Morgan fingerprint density at radius 3 is 2.64 bits per heavy atom. The molecule has 0 spiro atoms. The number of carbonyl (C=O) groups excluding carboxylic acids is 3. The van der Waals surface area contributed by atoms with Gasteiger partial charge in [0.15, 0.2) is 0 Å². The van der Waals surface area contributed by atoms with E-state index in [2.05, 4.69) is 16.0 Å². The third kappa shape index (κ3) is 6.68.